The molecule has 2 aromatic rings. The van der Waals surface area contributed by atoms with Crippen molar-refractivity contribution in [1.82, 2.24) is 5.43 Å². The van der Waals surface area contributed by atoms with Crippen LogP contribution in [-0.2, 0) is 0 Å². The highest BCUT2D eigenvalue weighted by Crippen LogP contribution is 2.32. The average molecular weight is 404 g/mol. The van der Waals surface area contributed by atoms with Gasteiger partial charge in [0.2, 0.25) is 0 Å². The summed E-state index contributed by atoms with van der Waals surface area (Å²) in [7, 11) is 0. The van der Waals surface area contributed by atoms with Gasteiger partial charge in [-0.3, -0.25) is 5.43 Å². The largest absolute Gasteiger partial charge is 0.420 e. The van der Waals surface area contributed by atoms with Gasteiger partial charge in [-0.1, -0.05) is 29.3 Å². The van der Waals surface area contributed by atoms with E-state index in [9.17, 15) is 13.6 Å². The van der Waals surface area contributed by atoms with Gasteiger partial charge < -0.3 is 10.5 Å². The number of hydrogen-bond acceptors (Lipinski definition) is 4. The molecule has 130 valence electrons. The van der Waals surface area contributed by atoms with Gasteiger partial charge in [0.1, 0.15) is 17.2 Å². The zero-order valence-corrected chi connectivity index (χ0v) is 14.6. The maximum absolute atomic E-state index is 13.7. The van der Waals surface area contributed by atoms with Gasteiger partial charge in [-0.25, -0.2) is 13.6 Å². The summed E-state index contributed by atoms with van der Waals surface area (Å²) in [4.78, 5) is 12.1. The van der Waals surface area contributed by atoms with E-state index in [1.807, 2.05) is 0 Å². The number of hydrazone groups is 1. The Bertz CT molecular complexity index is 858. The first kappa shape index (κ1) is 19.0. The van der Waals surface area contributed by atoms with Gasteiger partial charge in [0.25, 0.3) is 0 Å². The molecule has 5 nitrogen and oxygen atoms in total. The van der Waals surface area contributed by atoms with Gasteiger partial charge in [-0.2, -0.15) is 5.10 Å². The van der Waals surface area contributed by atoms with Crippen molar-refractivity contribution < 1.29 is 18.3 Å². The zero-order valence-electron chi connectivity index (χ0n) is 12.2. The predicted molar refractivity (Wildman–Crippen MR) is 95.3 cm³/mol. The molecular formula is C15H9Cl2F2N3O2S. The number of nitrogens with one attached hydrogen (secondary N) is 1. The normalized spacial score (nSPS) is 10.7. The minimum Gasteiger partial charge on any atom is -0.420 e. The highest BCUT2D eigenvalue weighted by atomic mass is 35.5. The maximum atomic E-state index is 13.7. The molecule has 0 radical (unpaired) electrons. The first-order chi connectivity index (χ1) is 11.8. The van der Waals surface area contributed by atoms with Crippen molar-refractivity contribution in [3.05, 3.63) is 63.1 Å². The molecule has 25 heavy (non-hydrogen) atoms. The summed E-state index contributed by atoms with van der Waals surface area (Å²) in [5.74, 6) is -3.59. The summed E-state index contributed by atoms with van der Waals surface area (Å²) < 4.78 is 32.4. The van der Waals surface area contributed by atoms with Crippen LogP contribution >= 0.6 is 35.4 Å². The van der Waals surface area contributed by atoms with Crippen molar-refractivity contribution in [3.8, 4) is 5.75 Å². The summed E-state index contributed by atoms with van der Waals surface area (Å²) in [6, 6.07) is 5.64. The Hall–Kier alpha value is -2.29. The highest BCUT2D eigenvalue weighted by Gasteiger charge is 2.22. The Balaban J connectivity index is 2.40. The molecule has 0 amide bonds. The standard InChI is InChI=1S/C15H9Cl2F2N3O2S/c16-8-4-7(6-21-22-15(20)25)13(9(17)5-8)24-14(23)12-10(18)2-1-3-11(12)19/h1-6H,(H3,20,22,25). The lowest BCUT2D eigenvalue weighted by molar-refractivity contribution is 0.0724. The molecule has 0 saturated carbocycles. The van der Waals surface area contributed by atoms with E-state index >= 15 is 0 Å². The van der Waals surface area contributed by atoms with Crippen molar-refractivity contribution in [2.75, 3.05) is 0 Å². The number of benzene rings is 2. The van der Waals surface area contributed by atoms with Crippen molar-refractivity contribution in [2.45, 2.75) is 0 Å². The first-order valence-electron chi connectivity index (χ1n) is 6.53. The molecule has 0 spiro atoms. The van der Waals surface area contributed by atoms with Gasteiger partial charge in [0, 0.05) is 10.6 Å². The molecule has 0 fully saturated rings. The van der Waals surface area contributed by atoms with Crippen molar-refractivity contribution >= 4 is 52.7 Å². The maximum Gasteiger partial charge on any atom is 0.349 e. The lowest BCUT2D eigenvalue weighted by Gasteiger charge is -2.11. The fourth-order valence-electron chi connectivity index (χ4n) is 1.79. The van der Waals surface area contributed by atoms with Gasteiger partial charge >= 0.3 is 5.97 Å². The van der Waals surface area contributed by atoms with E-state index in [0.29, 0.717) is 0 Å². The fourth-order valence-corrected chi connectivity index (χ4v) is 2.39. The molecule has 0 saturated heterocycles. The third-order valence-electron chi connectivity index (χ3n) is 2.78. The van der Waals surface area contributed by atoms with E-state index in [1.165, 1.54) is 18.3 Å². The molecule has 2 rings (SSSR count). The Kier molecular flexibility index (Phi) is 6.24. The number of ether oxygens (including phenoxy) is 1. The van der Waals surface area contributed by atoms with Gasteiger partial charge in [-0.15, -0.1) is 0 Å². The molecule has 3 N–H and O–H groups in total. The highest BCUT2D eigenvalue weighted by molar-refractivity contribution is 7.80. The summed E-state index contributed by atoms with van der Waals surface area (Å²) in [5.41, 5.74) is 6.83. The smallest absolute Gasteiger partial charge is 0.349 e. The second-order valence-electron chi connectivity index (χ2n) is 4.53. The molecule has 0 bridgehead atoms. The summed E-state index contributed by atoms with van der Waals surface area (Å²) in [5, 5.41) is 3.76. The number of carbonyl (C=O) groups excluding carboxylic acids is 1. The lowest BCUT2D eigenvalue weighted by Crippen LogP contribution is -2.24. The van der Waals surface area contributed by atoms with Crippen LogP contribution < -0.4 is 15.9 Å². The molecular weight excluding hydrogens is 395 g/mol. The van der Waals surface area contributed by atoms with Crippen LogP contribution in [0.4, 0.5) is 8.78 Å². The van der Waals surface area contributed by atoms with Gasteiger partial charge in [0.05, 0.1) is 11.2 Å². The zero-order chi connectivity index (χ0) is 18.6. The Labute approximate surface area is 156 Å². The summed E-state index contributed by atoms with van der Waals surface area (Å²) in [6.07, 6.45) is 1.18. The lowest BCUT2D eigenvalue weighted by atomic mass is 10.2. The van der Waals surface area contributed by atoms with E-state index in [0.717, 1.165) is 18.2 Å². The monoisotopic (exact) mass is 403 g/mol. The van der Waals surface area contributed by atoms with Crippen molar-refractivity contribution in [1.29, 1.82) is 0 Å². The van der Waals surface area contributed by atoms with Crippen LogP contribution in [0.3, 0.4) is 0 Å². The van der Waals surface area contributed by atoms with Crippen LogP contribution in [0.1, 0.15) is 15.9 Å². The van der Waals surface area contributed by atoms with E-state index in [-0.39, 0.29) is 26.5 Å². The third kappa shape index (κ3) is 4.85. The number of rotatable bonds is 4. The summed E-state index contributed by atoms with van der Waals surface area (Å²) in [6.45, 7) is 0. The molecule has 2 aromatic carbocycles. The van der Waals surface area contributed by atoms with Crippen LogP contribution in [0.15, 0.2) is 35.4 Å². The number of hydrogen-bond donors (Lipinski definition) is 2. The predicted octanol–water partition coefficient (Wildman–Crippen LogP) is 3.66. The second-order valence-corrected chi connectivity index (χ2v) is 5.81. The van der Waals surface area contributed by atoms with Crippen LogP contribution in [0.2, 0.25) is 10.0 Å². The number of nitrogens with zero attached hydrogens (tertiary/aromatic N) is 1. The molecule has 0 aliphatic rings. The van der Waals surface area contributed by atoms with E-state index in [1.54, 1.807) is 0 Å². The molecule has 0 aliphatic heterocycles. The Morgan fingerprint density at radius 1 is 1.28 bits per heavy atom. The number of halogens is 4. The molecule has 0 aromatic heterocycles. The quantitative estimate of drug-likeness (QED) is 0.268. The number of nitrogens with two attached hydrogens (primary N) is 1. The number of thiocarbonyl (C=S) groups is 1. The number of esters is 1. The van der Waals surface area contributed by atoms with Gasteiger partial charge in [-0.05, 0) is 36.5 Å². The molecule has 10 heteroatoms. The number of carbonyl (C=O) groups is 1. The molecule has 0 aliphatic carbocycles. The average Bonchev–Trinajstić information content (AvgIpc) is 2.50. The molecule has 0 heterocycles. The van der Waals surface area contributed by atoms with Crippen LogP contribution in [0.5, 0.6) is 5.75 Å². The minimum atomic E-state index is -1.27. The van der Waals surface area contributed by atoms with E-state index < -0.39 is 23.2 Å². The van der Waals surface area contributed by atoms with E-state index in [2.05, 4.69) is 22.7 Å². The van der Waals surface area contributed by atoms with Crippen LogP contribution in [0.25, 0.3) is 0 Å². The molecule has 0 atom stereocenters. The Morgan fingerprint density at radius 3 is 2.52 bits per heavy atom. The SMILES string of the molecule is NC(=S)NN=Cc1cc(Cl)cc(Cl)c1OC(=O)c1c(F)cccc1F. The summed E-state index contributed by atoms with van der Waals surface area (Å²) >= 11 is 16.5. The minimum absolute atomic E-state index is 0.0608. The van der Waals surface area contributed by atoms with E-state index in [4.69, 9.17) is 33.7 Å². The third-order valence-corrected chi connectivity index (χ3v) is 3.37. The van der Waals surface area contributed by atoms with Crippen molar-refractivity contribution in [2.24, 2.45) is 10.8 Å². The topological polar surface area (TPSA) is 76.7 Å². The first-order valence-corrected chi connectivity index (χ1v) is 7.69. The van der Waals surface area contributed by atoms with Crippen molar-refractivity contribution in [3.63, 3.8) is 0 Å². The van der Waals surface area contributed by atoms with Crippen LogP contribution in [-0.4, -0.2) is 17.3 Å². The Morgan fingerprint density at radius 2 is 1.92 bits per heavy atom. The fraction of sp³-hybridized carbons (Fsp3) is 0. The van der Waals surface area contributed by atoms with Gasteiger partial charge in [0.15, 0.2) is 10.9 Å². The second kappa shape index (κ2) is 8.19. The van der Waals surface area contributed by atoms with Crippen LogP contribution in [0, 0.1) is 11.6 Å². The molecule has 0 unspecified atom stereocenters.